The fourth-order valence-electron chi connectivity index (χ4n) is 5.35. The van der Waals surface area contributed by atoms with E-state index in [0.29, 0.717) is 17.3 Å². The highest BCUT2D eigenvalue weighted by molar-refractivity contribution is 6.13. The Morgan fingerprint density at radius 1 is 1.03 bits per heavy atom. The van der Waals surface area contributed by atoms with Crippen LogP contribution < -0.4 is 11.1 Å². The van der Waals surface area contributed by atoms with Crippen LogP contribution in [0.25, 0.3) is 5.57 Å². The Hall–Kier alpha value is -3.31. The smallest absolute Gasteiger partial charge is 0.0629 e. The summed E-state index contributed by atoms with van der Waals surface area (Å²) in [6.07, 6.45) is 9.69. The van der Waals surface area contributed by atoms with Gasteiger partial charge in [-0.1, -0.05) is 36.4 Å². The average Bonchev–Trinajstić information content (AvgIpc) is 2.76. The lowest BCUT2D eigenvalue weighted by Gasteiger charge is -2.46. The maximum absolute atomic E-state index is 8.57. The molecule has 184 valence electrons. The summed E-state index contributed by atoms with van der Waals surface area (Å²) in [4.78, 5) is 4.50. The number of allylic oxidation sites excluding steroid dienone is 3. The SMILES string of the molecule is Cc1cc(C(C=Nc2ccccc2)=CN)ccc1C(=N)/C=C\C(=N)CC1CC(C)(C)NC(C)(C)C1. The third-order valence-corrected chi connectivity index (χ3v) is 6.37. The Bertz CT molecular complexity index is 1140. The van der Waals surface area contributed by atoms with Crippen molar-refractivity contribution in [3.05, 3.63) is 83.6 Å². The van der Waals surface area contributed by atoms with E-state index in [1.165, 1.54) is 0 Å². The van der Waals surface area contributed by atoms with Crippen LogP contribution in [0.5, 0.6) is 0 Å². The molecule has 1 saturated heterocycles. The first-order valence-electron chi connectivity index (χ1n) is 12.2. The molecule has 1 fully saturated rings. The molecule has 0 aromatic heterocycles. The van der Waals surface area contributed by atoms with Crippen molar-refractivity contribution in [3.63, 3.8) is 0 Å². The van der Waals surface area contributed by atoms with Gasteiger partial charge in [-0.3, -0.25) is 4.99 Å². The van der Waals surface area contributed by atoms with Gasteiger partial charge in [0.15, 0.2) is 0 Å². The Balaban J connectivity index is 1.65. The van der Waals surface area contributed by atoms with Crippen molar-refractivity contribution in [2.24, 2.45) is 16.6 Å². The molecular weight excluding hydrogens is 430 g/mol. The largest absolute Gasteiger partial charge is 0.404 e. The molecule has 0 spiro atoms. The number of piperidine rings is 1. The van der Waals surface area contributed by atoms with Crippen molar-refractivity contribution < 1.29 is 0 Å². The number of para-hydroxylation sites is 1. The number of aliphatic imine (C=N–C) groups is 1. The summed E-state index contributed by atoms with van der Waals surface area (Å²) >= 11 is 0. The Labute approximate surface area is 210 Å². The van der Waals surface area contributed by atoms with Crippen molar-refractivity contribution in [2.45, 2.75) is 65.0 Å². The zero-order valence-corrected chi connectivity index (χ0v) is 21.7. The second-order valence-electron chi connectivity index (χ2n) is 10.9. The van der Waals surface area contributed by atoms with Crippen LogP contribution >= 0.6 is 0 Å². The zero-order valence-electron chi connectivity index (χ0n) is 21.7. The Morgan fingerprint density at radius 3 is 2.29 bits per heavy atom. The molecule has 2 aromatic carbocycles. The normalized spacial score (nSPS) is 18.3. The summed E-state index contributed by atoms with van der Waals surface area (Å²) in [6, 6.07) is 15.7. The number of nitrogens with two attached hydrogens (primary N) is 1. The standard InChI is InChI=1S/C30H39N5/c1-21-15-23(24(19-31)20-34-26-9-7-6-8-10-26)11-13-27(21)28(33)14-12-25(32)16-22-17-29(2,3)35-30(4,5)18-22/h6-15,19-20,22,32-33,35H,16-18,31H2,1-5H3/b14-12-,24-19?,32-25?,33-28?,34-20?. The molecule has 3 rings (SSSR count). The highest BCUT2D eigenvalue weighted by atomic mass is 15.0. The van der Waals surface area contributed by atoms with Crippen LogP contribution in [-0.2, 0) is 0 Å². The molecule has 1 aliphatic rings. The summed E-state index contributed by atoms with van der Waals surface area (Å²) in [7, 11) is 0. The monoisotopic (exact) mass is 469 g/mol. The van der Waals surface area contributed by atoms with Crippen LogP contribution in [0.4, 0.5) is 5.69 Å². The molecule has 5 nitrogen and oxygen atoms in total. The first kappa shape index (κ1) is 26.3. The Morgan fingerprint density at radius 2 is 1.69 bits per heavy atom. The van der Waals surface area contributed by atoms with Crippen molar-refractivity contribution in [2.75, 3.05) is 0 Å². The van der Waals surface area contributed by atoms with E-state index in [2.05, 4.69) is 38.0 Å². The van der Waals surface area contributed by atoms with E-state index in [0.717, 1.165) is 47.2 Å². The van der Waals surface area contributed by atoms with Crippen molar-refractivity contribution in [1.29, 1.82) is 10.8 Å². The number of hydrogen-bond acceptors (Lipinski definition) is 5. The van der Waals surface area contributed by atoms with E-state index in [1.807, 2.05) is 55.5 Å². The van der Waals surface area contributed by atoms with Gasteiger partial charge >= 0.3 is 0 Å². The quantitative estimate of drug-likeness (QED) is 0.328. The highest BCUT2D eigenvalue weighted by Gasteiger charge is 2.37. The molecule has 0 radical (unpaired) electrons. The van der Waals surface area contributed by atoms with E-state index in [-0.39, 0.29) is 11.1 Å². The maximum Gasteiger partial charge on any atom is 0.0629 e. The molecule has 0 bridgehead atoms. The Kier molecular flexibility index (Phi) is 8.23. The van der Waals surface area contributed by atoms with Crippen LogP contribution in [0.1, 0.15) is 63.6 Å². The van der Waals surface area contributed by atoms with Gasteiger partial charge in [0, 0.05) is 40.3 Å². The van der Waals surface area contributed by atoms with Crippen LogP contribution in [0.2, 0.25) is 0 Å². The number of hydrogen-bond donors (Lipinski definition) is 4. The van der Waals surface area contributed by atoms with Crippen molar-refractivity contribution in [3.8, 4) is 0 Å². The molecule has 0 saturated carbocycles. The van der Waals surface area contributed by atoms with Gasteiger partial charge < -0.3 is 21.9 Å². The third kappa shape index (κ3) is 7.59. The molecule has 1 heterocycles. The van der Waals surface area contributed by atoms with Crippen molar-refractivity contribution in [1.82, 2.24) is 5.32 Å². The number of aryl methyl sites for hydroxylation is 1. The fraction of sp³-hybridized carbons (Fsp3) is 0.367. The number of rotatable bonds is 8. The minimum atomic E-state index is 0.0740. The lowest BCUT2D eigenvalue weighted by Crippen LogP contribution is -2.57. The molecule has 0 amide bonds. The molecule has 0 atom stereocenters. The van der Waals surface area contributed by atoms with Gasteiger partial charge in [-0.05, 0) is 95.2 Å². The van der Waals surface area contributed by atoms with Crippen LogP contribution in [0.3, 0.4) is 0 Å². The molecule has 2 aromatic rings. The number of benzene rings is 2. The van der Waals surface area contributed by atoms with E-state index < -0.39 is 0 Å². The van der Waals surface area contributed by atoms with E-state index in [4.69, 9.17) is 16.6 Å². The predicted octanol–water partition coefficient (Wildman–Crippen LogP) is 6.59. The van der Waals surface area contributed by atoms with Crippen molar-refractivity contribution >= 4 is 28.9 Å². The lowest BCUT2D eigenvalue weighted by molar-refractivity contribution is 0.132. The molecule has 5 N–H and O–H groups in total. The molecular formula is C30H39N5. The second-order valence-corrected chi connectivity index (χ2v) is 10.9. The van der Waals surface area contributed by atoms with Gasteiger partial charge in [0.1, 0.15) is 0 Å². The summed E-state index contributed by atoms with van der Waals surface area (Å²) in [6.45, 7) is 10.9. The van der Waals surface area contributed by atoms with Gasteiger partial charge in [-0.15, -0.1) is 0 Å². The summed E-state index contributed by atoms with van der Waals surface area (Å²) in [5.74, 6) is 0.465. The molecule has 35 heavy (non-hydrogen) atoms. The first-order valence-corrected chi connectivity index (χ1v) is 12.2. The van der Waals surface area contributed by atoms with Gasteiger partial charge in [0.05, 0.1) is 11.4 Å². The van der Waals surface area contributed by atoms with Gasteiger partial charge in [0.25, 0.3) is 0 Å². The minimum Gasteiger partial charge on any atom is -0.404 e. The van der Waals surface area contributed by atoms with E-state index >= 15 is 0 Å². The molecule has 1 aliphatic heterocycles. The summed E-state index contributed by atoms with van der Waals surface area (Å²) in [5.41, 5.74) is 11.5. The molecule has 0 aliphatic carbocycles. The topological polar surface area (TPSA) is 98.1 Å². The predicted molar refractivity (Wildman–Crippen MR) is 150 cm³/mol. The zero-order chi connectivity index (χ0) is 25.6. The van der Waals surface area contributed by atoms with E-state index in [1.54, 1.807) is 24.6 Å². The summed E-state index contributed by atoms with van der Waals surface area (Å²) in [5, 5.41) is 20.8. The first-order chi connectivity index (χ1) is 16.5. The van der Waals surface area contributed by atoms with Crippen LogP contribution in [0, 0.1) is 23.7 Å². The minimum absolute atomic E-state index is 0.0740. The van der Waals surface area contributed by atoms with E-state index in [9.17, 15) is 0 Å². The highest BCUT2D eigenvalue weighted by Crippen LogP contribution is 2.34. The van der Waals surface area contributed by atoms with Gasteiger partial charge in [0.2, 0.25) is 0 Å². The molecule has 5 heteroatoms. The molecule has 0 unspecified atom stereocenters. The summed E-state index contributed by atoms with van der Waals surface area (Å²) < 4.78 is 0. The number of nitrogens with one attached hydrogen (secondary N) is 3. The maximum atomic E-state index is 8.57. The van der Waals surface area contributed by atoms with Gasteiger partial charge in [-0.25, -0.2) is 0 Å². The number of nitrogens with zero attached hydrogens (tertiary/aromatic N) is 1. The fourth-order valence-corrected chi connectivity index (χ4v) is 5.35. The van der Waals surface area contributed by atoms with Gasteiger partial charge in [-0.2, -0.15) is 0 Å². The lowest BCUT2D eigenvalue weighted by atomic mass is 9.74. The van der Waals surface area contributed by atoms with Crippen LogP contribution in [-0.4, -0.2) is 28.7 Å². The van der Waals surface area contributed by atoms with Crippen LogP contribution in [0.15, 0.2) is 71.9 Å². The average molecular weight is 470 g/mol. The second kappa shape index (κ2) is 11.0. The third-order valence-electron chi connectivity index (χ3n) is 6.37.